The van der Waals surface area contributed by atoms with Crippen molar-refractivity contribution in [2.24, 2.45) is 5.84 Å². The molecule has 0 fully saturated rings. The largest absolute Gasteiger partial charge is 0.480 e. The van der Waals surface area contributed by atoms with Crippen molar-refractivity contribution < 1.29 is 9.15 Å². The summed E-state index contributed by atoms with van der Waals surface area (Å²) in [7, 11) is 1.54. The zero-order chi connectivity index (χ0) is 11.4. The fourth-order valence-electron chi connectivity index (χ4n) is 1.46. The Kier molecular flexibility index (Phi) is 3.13. The first-order valence-electron chi connectivity index (χ1n) is 4.70. The van der Waals surface area contributed by atoms with Gasteiger partial charge in [-0.3, -0.25) is 10.8 Å². The third-order valence-electron chi connectivity index (χ3n) is 2.20. The van der Waals surface area contributed by atoms with Gasteiger partial charge in [-0.2, -0.15) is 0 Å². The van der Waals surface area contributed by atoms with Crippen molar-refractivity contribution in [1.29, 1.82) is 0 Å². The fraction of sp³-hybridized carbons (Fsp3) is 0.200. The molecule has 6 heteroatoms. The Morgan fingerprint density at radius 2 is 2.25 bits per heavy atom. The molecule has 84 valence electrons. The molecule has 3 N–H and O–H groups in total. The van der Waals surface area contributed by atoms with Gasteiger partial charge in [-0.15, -0.1) is 0 Å². The van der Waals surface area contributed by atoms with E-state index in [0.717, 1.165) is 5.56 Å². The second-order valence-corrected chi connectivity index (χ2v) is 3.11. The van der Waals surface area contributed by atoms with Crippen LogP contribution in [-0.2, 0) is 0 Å². The summed E-state index contributed by atoms with van der Waals surface area (Å²) in [5.41, 5.74) is 4.13. The lowest BCUT2D eigenvalue weighted by molar-refractivity contribution is 0.382. The molecule has 0 aliphatic rings. The Balaban J connectivity index is 2.41. The first-order chi connectivity index (χ1) is 7.86. The SMILES string of the molecule is COc1nccnc1C(NN)c1ccoc1. The molecule has 2 aromatic rings. The Morgan fingerprint density at radius 3 is 2.88 bits per heavy atom. The lowest BCUT2D eigenvalue weighted by Gasteiger charge is -2.15. The summed E-state index contributed by atoms with van der Waals surface area (Å²) in [5.74, 6) is 5.94. The quantitative estimate of drug-likeness (QED) is 0.580. The highest BCUT2D eigenvalue weighted by molar-refractivity contribution is 5.30. The molecule has 0 aromatic carbocycles. The molecule has 1 unspecified atom stereocenters. The van der Waals surface area contributed by atoms with Crippen LogP contribution < -0.4 is 16.0 Å². The van der Waals surface area contributed by atoms with E-state index in [1.165, 1.54) is 7.11 Å². The lowest BCUT2D eigenvalue weighted by Crippen LogP contribution is -2.29. The maximum absolute atomic E-state index is 5.50. The predicted molar refractivity (Wildman–Crippen MR) is 56.5 cm³/mol. The number of hydrogen-bond donors (Lipinski definition) is 2. The predicted octanol–water partition coefficient (Wildman–Crippen LogP) is 0.631. The van der Waals surface area contributed by atoms with E-state index in [4.69, 9.17) is 15.0 Å². The van der Waals surface area contributed by atoms with E-state index in [1.807, 2.05) is 0 Å². The molecule has 0 spiro atoms. The summed E-state index contributed by atoms with van der Waals surface area (Å²) in [6, 6.07) is 1.50. The Morgan fingerprint density at radius 1 is 1.44 bits per heavy atom. The third kappa shape index (κ3) is 1.88. The molecular weight excluding hydrogens is 208 g/mol. The Bertz CT molecular complexity index is 444. The second kappa shape index (κ2) is 4.73. The number of methoxy groups -OCH3 is 1. The average molecular weight is 220 g/mol. The van der Waals surface area contributed by atoms with E-state index in [9.17, 15) is 0 Å². The van der Waals surface area contributed by atoms with Crippen LogP contribution in [0.15, 0.2) is 35.4 Å². The number of aromatic nitrogens is 2. The van der Waals surface area contributed by atoms with Crippen LogP contribution in [0, 0.1) is 0 Å². The summed E-state index contributed by atoms with van der Waals surface area (Å²) in [6.07, 6.45) is 6.31. The minimum Gasteiger partial charge on any atom is -0.480 e. The van der Waals surface area contributed by atoms with Gasteiger partial charge in [-0.05, 0) is 6.07 Å². The molecular formula is C10H12N4O2. The molecule has 2 heterocycles. The maximum Gasteiger partial charge on any atom is 0.237 e. The number of nitrogens with two attached hydrogens (primary N) is 1. The van der Waals surface area contributed by atoms with Crippen LogP contribution in [0.5, 0.6) is 5.88 Å². The lowest BCUT2D eigenvalue weighted by atomic mass is 10.1. The van der Waals surface area contributed by atoms with Crippen LogP contribution >= 0.6 is 0 Å². The number of furan rings is 1. The highest BCUT2D eigenvalue weighted by Gasteiger charge is 2.20. The first kappa shape index (κ1) is 10.6. The van der Waals surface area contributed by atoms with Gasteiger partial charge in [0.2, 0.25) is 5.88 Å². The molecule has 0 aliphatic carbocycles. The van der Waals surface area contributed by atoms with E-state index in [1.54, 1.807) is 31.0 Å². The third-order valence-corrected chi connectivity index (χ3v) is 2.20. The second-order valence-electron chi connectivity index (χ2n) is 3.11. The first-order valence-corrected chi connectivity index (χ1v) is 4.70. The zero-order valence-electron chi connectivity index (χ0n) is 8.75. The highest BCUT2D eigenvalue weighted by atomic mass is 16.5. The Labute approximate surface area is 92.4 Å². The minimum atomic E-state index is -0.303. The van der Waals surface area contributed by atoms with Crippen molar-refractivity contribution in [2.45, 2.75) is 6.04 Å². The summed E-state index contributed by atoms with van der Waals surface area (Å²) < 4.78 is 10.1. The van der Waals surface area contributed by atoms with Gasteiger partial charge in [0.25, 0.3) is 0 Å². The van der Waals surface area contributed by atoms with Crippen molar-refractivity contribution in [3.8, 4) is 5.88 Å². The molecule has 0 saturated heterocycles. The van der Waals surface area contributed by atoms with Gasteiger partial charge >= 0.3 is 0 Å². The molecule has 0 amide bonds. The molecule has 0 saturated carbocycles. The highest BCUT2D eigenvalue weighted by Crippen LogP contribution is 2.25. The maximum atomic E-state index is 5.50. The van der Waals surface area contributed by atoms with Gasteiger partial charge in [-0.25, -0.2) is 10.4 Å². The van der Waals surface area contributed by atoms with E-state index >= 15 is 0 Å². The van der Waals surface area contributed by atoms with Crippen LogP contribution in [-0.4, -0.2) is 17.1 Å². The van der Waals surface area contributed by atoms with Crippen LogP contribution in [0.2, 0.25) is 0 Å². The monoisotopic (exact) mass is 220 g/mol. The van der Waals surface area contributed by atoms with Crippen molar-refractivity contribution in [3.63, 3.8) is 0 Å². The van der Waals surface area contributed by atoms with Gasteiger partial charge in [0.15, 0.2) is 0 Å². The average Bonchev–Trinajstić information content (AvgIpc) is 2.84. The molecule has 2 rings (SSSR count). The number of hydrogen-bond acceptors (Lipinski definition) is 6. The topological polar surface area (TPSA) is 86.2 Å². The van der Waals surface area contributed by atoms with Gasteiger partial charge in [0.1, 0.15) is 5.69 Å². The number of nitrogens with one attached hydrogen (secondary N) is 1. The normalized spacial score (nSPS) is 12.4. The molecule has 1 atom stereocenters. The van der Waals surface area contributed by atoms with Crippen molar-refractivity contribution >= 4 is 0 Å². The summed E-state index contributed by atoms with van der Waals surface area (Å²) in [4.78, 5) is 8.27. The number of hydrazine groups is 1. The van der Waals surface area contributed by atoms with Crippen molar-refractivity contribution in [2.75, 3.05) is 7.11 Å². The van der Waals surface area contributed by atoms with E-state index in [-0.39, 0.29) is 6.04 Å². The van der Waals surface area contributed by atoms with Crippen LogP contribution in [0.3, 0.4) is 0 Å². The van der Waals surface area contributed by atoms with Gasteiger partial charge in [0, 0.05) is 18.0 Å². The molecule has 0 radical (unpaired) electrons. The Hall–Kier alpha value is -1.92. The van der Waals surface area contributed by atoms with Gasteiger partial charge in [-0.1, -0.05) is 0 Å². The molecule has 0 bridgehead atoms. The zero-order valence-corrected chi connectivity index (χ0v) is 8.75. The van der Waals surface area contributed by atoms with Crippen LogP contribution in [0.1, 0.15) is 17.3 Å². The summed E-state index contributed by atoms with van der Waals surface area (Å²) in [5, 5.41) is 0. The molecule has 0 aliphatic heterocycles. The fourth-order valence-corrected chi connectivity index (χ4v) is 1.46. The van der Waals surface area contributed by atoms with Crippen molar-refractivity contribution in [3.05, 3.63) is 42.2 Å². The summed E-state index contributed by atoms with van der Waals surface area (Å²) >= 11 is 0. The van der Waals surface area contributed by atoms with E-state index in [0.29, 0.717) is 11.6 Å². The van der Waals surface area contributed by atoms with Gasteiger partial charge in [0.05, 0.1) is 25.7 Å². The standard InChI is InChI=1S/C10H12N4O2/c1-15-10-9(12-3-4-13-10)8(14-11)7-2-5-16-6-7/h2-6,8,14H,11H2,1H3. The van der Waals surface area contributed by atoms with Crippen LogP contribution in [0.25, 0.3) is 0 Å². The number of ether oxygens (including phenoxy) is 1. The molecule has 6 nitrogen and oxygen atoms in total. The molecule has 16 heavy (non-hydrogen) atoms. The van der Waals surface area contributed by atoms with Crippen LogP contribution in [0.4, 0.5) is 0 Å². The summed E-state index contributed by atoms with van der Waals surface area (Å²) in [6.45, 7) is 0. The number of rotatable bonds is 4. The van der Waals surface area contributed by atoms with E-state index < -0.39 is 0 Å². The van der Waals surface area contributed by atoms with Crippen molar-refractivity contribution in [1.82, 2.24) is 15.4 Å². The number of nitrogens with zero attached hydrogens (tertiary/aromatic N) is 2. The smallest absolute Gasteiger partial charge is 0.237 e. The minimum absolute atomic E-state index is 0.303. The molecule has 2 aromatic heterocycles. The van der Waals surface area contributed by atoms with Gasteiger partial charge < -0.3 is 9.15 Å². The van der Waals surface area contributed by atoms with E-state index in [2.05, 4.69) is 15.4 Å².